The Morgan fingerprint density at radius 1 is 1.47 bits per heavy atom. The molecule has 15 heavy (non-hydrogen) atoms. The third-order valence-electron chi connectivity index (χ3n) is 1.73. The van der Waals surface area contributed by atoms with Gasteiger partial charge in [0, 0.05) is 6.54 Å². The average molecular weight is 217 g/mol. The van der Waals surface area contributed by atoms with Gasteiger partial charge in [-0.1, -0.05) is 13.3 Å². The molecule has 0 aromatic rings. The molecule has 0 bridgehead atoms. The van der Waals surface area contributed by atoms with Crippen LogP contribution in [0.15, 0.2) is 0 Å². The lowest BCUT2D eigenvalue weighted by atomic mass is 10.2. The van der Waals surface area contributed by atoms with Crippen molar-refractivity contribution in [2.45, 2.75) is 25.8 Å². The number of nitrogens with one attached hydrogen (secondary N) is 1. The van der Waals surface area contributed by atoms with Crippen molar-refractivity contribution in [2.75, 3.05) is 19.8 Å². The van der Waals surface area contributed by atoms with Crippen LogP contribution < -0.4 is 16.8 Å². The van der Waals surface area contributed by atoms with E-state index >= 15 is 0 Å². The van der Waals surface area contributed by atoms with Gasteiger partial charge in [-0.25, -0.2) is 0 Å². The van der Waals surface area contributed by atoms with E-state index < -0.39 is 11.9 Å². The number of rotatable bonds is 8. The smallest absolute Gasteiger partial charge is 0.243 e. The lowest BCUT2D eigenvalue weighted by Crippen LogP contribution is -2.41. The molecule has 6 heteroatoms. The van der Waals surface area contributed by atoms with Crippen molar-refractivity contribution < 1.29 is 14.3 Å². The molecule has 6 nitrogen and oxygen atoms in total. The number of primary amides is 1. The molecule has 0 spiro atoms. The van der Waals surface area contributed by atoms with Crippen LogP contribution >= 0.6 is 0 Å². The summed E-state index contributed by atoms with van der Waals surface area (Å²) in [7, 11) is 0. The summed E-state index contributed by atoms with van der Waals surface area (Å²) in [4.78, 5) is 21.5. The van der Waals surface area contributed by atoms with Crippen molar-refractivity contribution in [3.05, 3.63) is 0 Å². The summed E-state index contributed by atoms with van der Waals surface area (Å²) in [6.07, 6.45) is 1.53. The molecule has 1 unspecified atom stereocenters. The zero-order chi connectivity index (χ0) is 11.7. The molecular formula is C9H19N3O3. The maximum Gasteiger partial charge on any atom is 0.243 e. The molecule has 0 rings (SSSR count). The standard InChI is InChI=1S/C9H19N3O3/c1-2-3-7(10)9(14)12-4-5-15-6-8(11)13/h7H,2-6,10H2,1H3,(H2,11,13)(H,12,14). The molecule has 1 atom stereocenters. The van der Waals surface area contributed by atoms with E-state index in [1.807, 2.05) is 6.92 Å². The van der Waals surface area contributed by atoms with Gasteiger partial charge in [0.15, 0.2) is 0 Å². The molecule has 0 aromatic carbocycles. The predicted octanol–water partition coefficient (Wildman–Crippen LogP) is -1.27. The number of nitrogens with two attached hydrogens (primary N) is 2. The van der Waals surface area contributed by atoms with Gasteiger partial charge in [-0.3, -0.25) is 9.59 Å². The molecule has 0 radical (unpaired) electrons. The first-order valence-electron chi connectivity index (χ1n) is 4.97. The molecule has 0 fully saturated rings. The van der Waals surface area contributed by atoms with Gasteiger partial charge >= 0.3 is 0 Å². The first kappa shape index (κ1) is 13.9. The number of carbonyl (C=O) groups excluding carboxylic acids is 2. The third-order valence-corrected chi connectivity index (χ3v) is 1.73. The van der Waals surface area contributed by atoms with Crippen LogP contribution in [0.5, 0.6) is 0 Å². The normalized spacial score (nSPS) is 12.1. The van der Waals surface area contributed by atoms with Crippen LogP contribution in [0.25, 0.3) is 0 Å². The summed E-state index contributed by atoms with van der Waals surface area (Å²) < 4.78 is 4.86. The Balaban J connectivity index is 3.42. The summed E-state index contributed by atoms with van der Waals surface area (Å²) in [6, 6.07) is -0.467. The maximum absolute atomic E-state index is 11.2. The van der Waals surface area contributed by atoms with E-state index in [1.165, 1.54) is 0 Å². The van der Waals surface area contributed by atoms with Gasteiger partial charge in [-0.15, -0.1) is 0 Å². The highest BCUT2D eigenvalue weighted by Crippen LogP contribution is 1.92. The average Bonchev–Trinajstić information content (AvgIpc) is 2.16. The Bertz CT molecular complexity index is 209. The van der Waals surface area contributed by atoms with Crippen LogP contribution in [0.1, 0.15) is 19.8 Å². The fourth-order valence-corrected chi connectivity index (χ4v) is 0.992. The van der Waals surface area contributed by atoms with Gasteiger partial charge in [-0.2, -0.15) is 0 Å². The van der Waals surface area contributed by atoms with Crippen molar-refractivity contribution in [3.8, 4) is 0 Å². The number of ether oxygens (including phenoxy) is 1. The highest BCUT2D eigenvalue weighted by atomic mass is 16.5. The van der Waals surface area contributed by atoms with Gasteiger partial charge in [0.1, 0.15) is 6.61 Å². The van der Waals surface area contributed by atoms with Crippen molar-refractivity contribution in [1.29, 1.82) is 0 Å². The van der Waals surface area contributed by atoms with Gasteiger partial charge in [0.25, 0.3) is 0 Å². The second-order valence-corrected chi connectivity index (χ2v) is 3.21. The van der Waals surface area contributed by atoms with Crippen LogP contribution in [-0.4, -0.2) is 37.6 Å². The summed E-state index contributed by atoms with van der Waals surface area (Å²) >= 11 is 0. The number of amides is 2. The topological polar surface area (TPSA) is 107 Å². The summed E-state index contributed by atoms with van der Waals surface area (Å²) in [6.45, 7) is 2.43. The van der Waals surface area contributed by atoms with Gasteiger partial charge in [-0.05, 0) is 6.42 Å². The van der Waals surface area contributed by atoms with E-state index in [9.17, 15) is 9.59 Å². The number of hydrogen-bond donors (Lipinski definition) is 3. The molecule has 88 valence electrons. The van der Waals surface area contributed by atoms with Crippen LogP contribution in [0.2, 0.25) is 0 Å². The molecule has 5 N–H and O–H groups in total. The molecule has 0 saturated heterocycles. The second kappa shape index (κ2) is 8.19. The van der Waals surface area contributed by atoms with E-state index in [1.54, 1.807) is 0 Å². The van der Waals surface area contributed by atoms with E-state index in [2.05, 4.69) is 5.32 Å². The Morgan fingerprint density at radius 2 is 2.13 bits per heavy atom. The van der Waals surface area contributed by atoms with Crippen LogP contribution in [0, 0.1) is 0 Å². The first-order chi connectivity index (χ1) is 7.07. The largest absolute Gasteiger partial charge is 0.370 e. The summed E-state index contributed by atoms with van der Waals surface area (Å²) in [5.74, 6) is -0.719. The lowest BCUT2D eigenvalue weighted by molar-refractivity contribution is -0.123. The van der Waals surface area contributed by atoms with Crippen LogP contribution in [0.4, 0.5) is 0 Å². The zero-order valence-corrected chi connectivity index (χ0v) is 8.99. The minimum atomic E-state index is -0.524. The van der Waals surface area contributed by atoms with Gasteiger partial charge < -0.3 is 21.5 Å². The highest BCUT2D eigenvalue weighted by molar-refractivity contribution is 5.81. The second-order valence-electron chi connectivity index (χ2n) is 3.21. The Labute approximate surface area is 89.3 Å². The molecule has 0 saturated carbocycles. The lowest BCUT2D eigenvalue weighted by Gasteiger charge is -2.10. The fourth-order valence-electron chi connectivity index (χ4n) is 0.992. The van der Waals surface area contributed by atoms with Gasteiger partial charge in [0.05, 0.1) is 12.6 Å². The minimum Gasteiger partial charge on any atom is -0.370 e. The maximum atomic E-state index is 11.2. The Morgan fingerprint density at radius 3 is 2.67 bits per heavy atom. The van der Waals surface area contributed by atoms with E-state index in [-0.39, 0.29) is 19.1 Å². The van der Waals surface area contributed by atoms with Crippen LogP contribution in [-0.2, 0) is 14.3 Å². The Hall–Kier alpha value is -1.14. The molecular weight excluding hydrogens is 198 g/mol. The monoisotopic (exact) mass is 217 g/mol. The van der Waals surface area contributed by atoms with Crippen molar-refractivity contribution in [3.63, 3.8) is 0 Å². The SMILES string of the molecule is CCCC(N)C(=O)NCCOCC(N)=O. The number of hydrogen-bond acceptors (Lipinski definition) is 4. The summed E-state index contributed by atoms with van der Waals surface area (Å²) in [5.41, 5.74) is 10.4. The zero-order valence-electron chi connectivity index (χ0n) is 8.99. The van der Waals surface area contributed by atoms with Crippen LogP contribution in [0.3, 0.4) is 0 Å². The Kier molecular flexibility index (Phi) is 7.57. The predicted molar refractivity (Wildman–Crippen MR) is 55.9 cm³/mol. The van der Waals surface area contributed by atoms with Gasteiger partial charge in [0.2, 0.25) is 11.8 Å². The first-order valence-corrected chi connectivity index (χ1v) is 4.97. The van der Waals surface area contributed by atoms with Crippen molar-refractivity contribution in [2.24, 2.45) is 11.5 Å². The van der Waals surface area contributed by atoms with E-state index in [0.717, 1.165) is 6.42 Å². The molecule has 0 heterocycles. The molecule has 0 aliphatic carbocycles. The quantitative estimate of drug-likeness (QED) is 0.441. The fraction of sp³-hybridized carbons (Fsp3) is 0.778. The van der Waals surface area contributed by atoms with Crippen molar-refractivity contribution in [1.82, 2.24) is 5.32 Å². The summed E-state index contributed by atoms with van der Waals surface area (Å²) in [5, 5.41) is 2.60. The minimum absolute atomic E-state index is 0.128. The molecule has 0 aliphatic rings. The third kappa shape index (κ3) is 7.90. The molecule has 0 aliphatic heterocycles. The van der Waals surface area contributed by atoms with E-state index in [4.69, 9.17) is 16.2 Å². The molecule has 0 aromatic heterocycles. The van der Waals surface area contributed by atoms with Crippen molar-refractivity contribution >= 4 is 11.8 Å². The molecule has 2 amide bonds. The highest BCUT2D eigenvalue weighted by Gasteiger charge is 2.10. The number of carbonyl (C=O) groups is 2. The van der Waals surface area contributed by atoms with E-state index in [0.29, 0.717) is 13.0 Å².